The van der Waals surface area contributed by atoms with Crippen molar-refractivity contribution in [2.45, 2.75) is 39.5 Å². The van der Waals surface area contributed by atoms with E-state index in [-0.39, 0.29) is 0 Å². The number of fused-ring (bicyclic) bond motifs is 1. The standard InChI is InChI=1S/C20H22/c1-3-7-15-10-11-17(14-15)19-13-12-16(4-2)18-8-5-6-9-20(18)19/h5-6,8-9,11-14H,3-4,7,10H2,1-2H3. The van der Waals surface area contributed by atoms with E-state index >= 15 is 0 Å². The Hall–Kier alpha value is -1.82. The van der Waals surface area contributed by atoms with Crippen molar-refractivity contribution < 1.29 is 0 Å². The van der Waals surface area contributed by atoms with E-state index in [2.05, 4.69) is 62.4 Å². The summed E-state index contributed by atoms with van der Waals surface area (Å²) in [6.07, 6.45) is 9.48. The molecule has 0 aliphatic heterocycles. The Morgan fingerprint density at radius 2 is 1.75 bits per heavy atom. The highest BCUT2D eigenvalue weighted by Gasteiger charge is 2.11. The maximum absolute atomic E-state index is 2.40. The van der Waals surface area contributed by atoms with Gasteiger partial charge in [0.2, 0.25) is 0 Å². The fourth-order valence-electron chi connectivity index (χ4n) is 3.18. The lowest BCUT2D eigenvalue weighted by Gasteiger charge is -2.10. The number of hydrogen-bond donors (Lipinski definition) is 0. The fourth-order valence-corrected chi connectivity index (χ4v) is 3.18. The first-order valence-electron chi connectivity index (χ1n) is 7.74. The Bertz CT molecular complexity index is 686. The van der Waals surface area contributed by atoms with Gasteiger partial charge in [-0.25, -0.2) is 0 Å². The number of benzene rings is 2. The minimum absolute atomic E-state index is 1.09. The molecule has 0 N–H and O–H groups in total. The second-order valence-electron chi connectivity index (χ2n) is 5.59. The SMILES string of the molecule is CCCC1=CC(c2ccc(CC)c3ccccc23)=CC1. The number of aryl methyl sites for hydroxylation is 1. The van der Waals surface area contributed by atoms with Crippen molar-refractivity contribution in [1.29, 1.82) is 0 Å². The van der Waals surface area contributed by atoms with Gasteiger partial charge in [0.25, 0.3) is 0 Å². The van der Waals surface area contributed by atoms with Crippen LogP contribution in [0.15, 0.2) is 54.1 Å². The zero-order valence-corrected chi connectivity index (χ0v) is 12.4. The summed E-state index contributed by atoms with van der Waals surface area (Å²) in [7, 11) is 0. The summed E-state index contributed by atoms with van der Waals surface area (Å²) in [5.74, 6) is 0. The molecule has 2 aromatic carbocycles. The summed E-state index contributed by atoms with van der Waals surface area (Å²) >= 11 is 0. The van der Waals surface area contributed by atoms with Crippen molar-refractivity contribution in [3.05, 3.63) is 65.3 Å². The molecule has 0 nitrogen and oxygen atoms in total. The average molecular weight is 262 g/mol. The molecule has 0 heteroatoms. The molecule has 0 bridgehead atoms. The van der Waals surface area contributed by atoms with Crippen LogP contribution in [0, 0.1) is 0 Å². The van der Waals surface area contributed by atoms with E-state index in [4.69, 9.17) is 0 Å². The number of rotatable bonds is 4. The number of allylic oxidation sites excluding steroid dienone is 4. The molecule has 1 aliphatic rings. The van der Waals surface area contributed by atoms with Gasteiger partial charge in [-0.15, -0.1) is 0 Å². The van der Waals surface area contributed by atoms with Gasteiger partial charge >= 0.3 is 0 Å². The molecule has 20 heavy (non-hydrogen) atoms. The summed E-state index contributed by atoms with van der Waals surface area (Å²) in [4.78, 5) is 0. The van der Waals surface area contributed by atoms with E-state index < -0.39 is 0 Å². The lowest BCUT2D eigenvalue weighted by Crippen LogP contribution is -1.89. The van der Waals surface area contributed by atoms with Crippen molar-refractivity contribution in [2.24, 2.45) is 0 Å². The molecule has 0 unspecified atom stereocenters. The van der Waals surface area contributed by atoms with Crippen molar-refractivity contribution in [2.75, 3.05) is 0 Å². The zero-order valence-electron chi connectivity index (χ0n) is 12.4. The molecule has 0 aromatic heterocycles. The summed E-state index contributed by atoms with van der Waals surface area (Å²) < 4.78 is 0. The van der Waals surface area contributed by atoms with Crippen LogP contribution in [0.2, 0.25) is 0 Å². The second-order valence-corrected chi connectivity index (χ2v) is 5.59. The van der Waals surface area contributed by atoms with Crippen LogP contribution in [0.25, 0.3) is 16.3 Å². The topological polar surface area (TPSA) is 0 Å². The summed E-state index contributed by atoms with van der Waals surface area (Å²) in [5, 5.41) is 2.80. The van der Waals surface area contributed by atoms with E-state index in [1.165, 1.54) is 40.3 Å². The highest BCUT2D eigenvalue weighted by atomic mass is 14.2. The van der Waals surface area contributed by atoms with Gasteiger partial charge in [0.15, 0.2) is 0 Å². The molecule has 0 heterocycles. The third-order valence-electron chi connectivity index (χ3n) is 4.22. The van der Waals surface area contributed by atoms with Gasteiger partial charge in [-0.3, -0.25) is 0 Å². The third kappa shape index (κ3) is 2.31. The van der Waals surface area contributed by atoms with Crippen LogP contribution in [0.5, 0.6) is 0 Å². The molecule has 0 amide bonds. The molecule has 3 rings (SSSR count). The Morgan fingerprint density at radius 3 is 2.50 bits per heavy atom. The minimum atomic E-state index is 1.09. The Labute approximate surface area is 121 Å². The van der Waals surface area contributed by atoms with E-state index in [9.17, 15) is 0 Å². The quantitative estimate of drug-likeness (QED) is 0.642. The first-order valence-corrected chi connectivity index (χ1v) is 7.74. The van der Waals surface area contributed by atoms with Crippen LogP contribution in [0.4, 0.5) is 0 Å². The molecule has 0 spiro atoms. The van der Waals surface area contributed by atoms with Gasteiger partial charge in [-0.05, 0) is 46.7 Å². The Morgan fingerprint density at radius 1 is 0.950 bits per heavy atom. The van der Waals surface area contributed by atoms with Crippen LogP contribution < -0.4 is 0 Å². The van der Waals surface area contributed by atoms with Crippen molar-refractivity contribution in [1.82, 2.24) is 0 Å². The van der Waals surface area contributed by atoms with E-state index in [1.807, 2.05) is 0 Å². The molecule has 0 saturated heterocycles. The third-order valence-corrected chi connectivity index (χ3v) is 4.22. The summed E-state index contributed by atoms with van der Waals surface area (Å²) in [6, 6.07) is 13.4. The van der Waals surface area contributed by atoms with E-state index in [1.54, 1.807) is 5.57 Å². The normalized spacial score (nSPS) is 14.5. The molecule has 0 radical (unpaired) electrons. The highest BCUT2D eigenvalue weighted by Crippen LogP contribution is 2.34. The summed E-state index contributed by atoms with van der Waals surface area (Å²) in [5.41, 5.74) is 5.82. The van der Waals surface area contributed by atoms with Gasteiger partial charge in [-0.1, -0.05) is 74.4 Å². The molecule has 2 aromatic rings. The molecule has 1 aliphatic carbocycles. The van der Waals surface area contributed by atoms with Gasteiger partial charge in [0.05, 0.1) is 0 Å². The molecule has 0 fully saturated rings. The molecule has 0 atom stereocenters. The Balaban J connectivity index is 2.10. The van der Waals surface area contributed by atoms with Crippen LogP contribution >= 0.6 is 0 Å². The van der Waals surface area contributed by atoms with Crippen molar-refractivity contribution in [3.63, 3.8) is 0 Å². The van der Waals surface area contributed by atoms with Crippen LogP contribution in [-0.4, -0.2) is 0 Å². The fraction of sp³-hybridized carbons (Fsp3) is 0.300. The zero-order chi connectivity index (χ0) is 13.9. The smallest absolute Gasteiger partial charge is 0.0103 e. The maximum atomic E-state index is 2.40. The highest BCUT2D eigenvalue weighted by molar-refractivity contribution is 5.98. The largest absolute Gasteiger partial charge is 0.0726 e. The van der Waals surface area contributed by atoms with Gasteiger partial charge in [0, 0.05) is 0 Å². The Kier molecular flexibility index (Phi) is 3.73. The maximum Gasteiger partial charge on any atom is -0.0103 e. The lowest BCUT2D eigenvalue weighted by molar-refractivity contribution is 0.887. The summed E-state index contributed by atoms with van der Waals surface area (Å²) in [6.45, 7) is 4.49. The van der Waals surface area contributed by atoms with Crippen LogP contribution in [0.1, 0.15) is 44.2 Å². The molecular formula is C20H22. The second kappa shape index (κ2) is 5.66. The van der Waals surface area contributed by atoms with Crippen molar-refractivity contribution in [3.8, 4) is 0 Å². The van der Waals surface area contributed by atoms with Gasteiger partial charge < -0.3 is 0 Å². The molecular weight excluding hydrogens is 240 g/mol. The van der Waals surface area contributed by atoms with Crippen LogP contribution in [-0.2, 0) is 6.42 Å². The van der Waals surface area contributed by atoms with Gasteiger partial charge in [-0.2, -0.15) is 0 Å². The lowest BCUT2D eigenvalue weighted by atomic mass is 9.94. The monoisotopic (exact) mass is 262 g/mol. The minimum Gasteiger partial charge on any atom is -0.0726 e. The first-order chi connectivity index (χ1) is 9.83. The van der Waals surface area contributed by atoms with Crippen molar-refractivity contribution >= 4 is 16.3 Å². The predicted molar refractivity (Wildman–Crippen MR) is 88.9 cm³/mol. The van der Waals surface area contributed by atoms with Crippen LogP contribution in [0.3, 0.4) is 0 Å². The van der Waals surface area contributed by atoms with Gasteiger partial charge in [0.1, 0.15) is 0 Å². The average Bonchev–Trinajstić information content (AvgIpc) is 2.95. The predicted octanol–water partition coefficient (Wildman–Crippen LogP) is 5.92. The molecule has 102 valence electrons. The van der Waals surface area contributed by atoms with E-state index in [0.29, 0.717) is 0 Å². The first kappa shape index (κ1) is 13.2. The van der Waals surface area contributed by atoms with E-state index in [0.717, 1.165) is 12.8 Å². The molecule has 0 saturated carbocycles. The number of hydrogen-bond acceptors (Lipinski definition) is 0.